The lowest BCUT2D eigenvalue weighted by Gasteiger charge is -2.25. The Morgan fingerprint density at radius 3 is 2.00 bits per heavy atom. The molecule has 1 heterocycles. The second-order valence-corrected chi connectivity index (χ2v) is 4.52. The summed E-state index contributed by atoms with van der Waals surface area (Å²) < 4.78 is 0. The third-order valence-electron chi connectivity index (χ3n) is 2.93. The van der Waals surface area contributed by atoms with Crippen LogP contribution in [0, 0.1) is 0 Å². The summed E-state index contributed by atoms with van der Waals surface area (Å²) in [6, 6.07) is -0.918. The van der Waals surface area contributed by atoms with Gasteiger partial charge in [-0.05, 0) is 12.8 Å². The van der Waals surface area contributed by atoms with Crippen molar-refractivity contribution in [3.63, 3.8) is 0 Å². The number of carbonyl (C=O) groups excluding carboxylic acids is 1. The molecule has 1 fully saturated rings. The molecular formula is C11H16N2O7. The van der Waals surface area contributed by atoms with Crippen LogP contribution in [0.25, 0.3) is 0 Å². The van der Waals surface area contributed by atoms with Crippen LogP contribution in [0.15, 0.2) is 0 Å². The van der Waals surface area contributed by atoms with Crippen LogP contribution in [0.2, 0.25) is 0 Å². The van der Waals surface area contributed by atoms with E-state index in [1.54, 1.807) is 0 Å². The minimum atomic E-state index is -1.25. The first-order valence-electron chi connectivity index (χ1n) is 5.99. The van der Waals surface area contributed by atoms with Crippen molar-refractivity contribution in [1.29, 1.82) is 0 Å². The number of hydrogen-bond acceptors (Lipinski definition) is 5. The summed E-state index contributed by atoms with van der Waals surface area (Å²) in [7, 11) is 0. The Hall–Kier alpha value is -2.16. The zero-order valence-corrected chi connectivity index (χ0v) is 10.7. The molecule has 1 aliphatic heterocycles. The van der Waals surface area contributed by atoms with Crippen LogP contribution < -0.4 is 0 Å². The smallest absolute Gasteiger partial charge is 0.326 e. The quantitative estimate of drug-likeness (QED) is 0.517. The fraction of sp³-hybridized carbons (Fsp3) is 0.636. The number of hydrogen-bond donors (Lipinski definition) is 3. The van der Waals surface area contributed by atoms with Crippen molar-refractivity contribution in [1.82, 2.24) is 9.80 Å². The molecule has 9 heteroatoms. The van der Waals surface area contributed by atoms with Gasteiger partial charge in [-0.2, -0.15) is 0 Å². The lowest BCUT2D eigenvalue weighted by molar-refractivity contribution is -0.150. The minimum Gasteiger partial charge on any atom is -0.480 e. The van der Waals surface area contributed by atoms with E-state index in [0.29, 0.717) is 12.8 Å². The molecule has 0 unspecified atom stereocenters. The number of rotatable bonds is 7. The van der Waals surface area contributed by atoms with E-state index in [2.05, 4.69) is 0 Å². The molecule has 0 spiro atoms. The van der Waals surface area contributed by atoms with Gasteiger partial charge in [0.05, 0.1) is 19.6 Å². The first-order chi connectivity index (χ1) is 9.31. The second kappa shape index (κ2) is 6.85. The molecule has 112 valence electrons. The molecule has 0 aromatic rings. The van der Waals surface area contributed by atoms with Gasteiger partial charge >= 0.3 is 17.9 Å². The van der Waals surface area contributed by atoms with E-state index >= 15 is 0 Å². The molecule has 0 aromatic carbocycles. The molecule has 9 nitrogen and oxygen atoms in total. The SMILES string of the molecule is O=C(O)CN(CC(=O)O)CC(=O)N1CCC[C@H]1C(=O)O. The van der Waals surface area contributed by atoms with Gasteiger partial charge in [0.15, 0.2) is 0 Å². The van der Waals surface area contributed by atoms with Crippen molar-refractivity contribution in [2.24, 2.45) is 0 Å². The maximum Gasteiger partial charge on any atom is 0.326 e. The van der Waals surface area contributed by atoms with Crippen LogP contribution in [0.4, 0.5) is 0 Å². The fourth-order valence-electron chi connectivity index (χ4n) is 2.15. The highest BCUT2D eigenvalue weighted by molar-refractivity contribution is 5.86. The molecule has 0 saturated carbocycles. The van der Waals surface area contributed by atoms with Gasteiger partial charge in [0.2, 0.25) is 5.91 Å². The maximum atomic E-state index is 12.0. The summed E-state index contributed by atoms with van der Waals surface area (Å²) in [6.45, 7) is -1.33. The Bertz CT molecular complexity index is 407. The van der Waals surface area contributed by atoms with Crippen LogP contribution in [0.5, 0.6) is 0 Å². The number of aliphatic carboxylic acids is 3. The van der Waals surface area contributed by atoms with Crippen LogP contribution in [0.1, 0.15) is 12.8 Å². The molecule has 1 amide bonds. The summed E-state index contributed by atoms with van der Waals surface area (Å²) in [5.74, 6) is -4.19. The minimum absolute atomic E-state index is 0.282. The van der Waals surface area contributed by atoms with Crippen molar-refractivity contribution in [2.75, 3.05) is 26.2 Å². The molecule has 0 bridgehead atoms. The Kier molecular flexibility index (Phi) is 5.44. The largest absolute Gasteiger partial charge is 0.480 e. The van der Waals surface area contributed by atoms with Gasteiger partial charge in [-0.15, -0.1) is 0 Å². The van der Waals surface area contributed by atoms with E-state index in [4.69, 9.17) is 15.3 Å². The van der Waals surface area contributed by atoms with Crippen molar-refractivity contribution >= 4 is 23.8 Å². The van der Waals surface area contributed by atoms with Crippen LogP contribution in [-0.2, 0) is 19.2 Å². The first-order valence-corrected chi connectivity index (χ1v) is 5.99. The normalized spacial score (nSPS) is 18.2. The average molecular weight is 288 g/mol. The monoisotopic (exact) mass is 288 g/mol. The third kappa shape index (κ3) is 4.50. The molecule has 20 heavy (non-hydrogen) atoms. The van der Waals surface area contributed by atoms with Crippen molar-refractivity contribution < 1.29 is 34.5 Å². The predicted octanol–water partition coefficient (Wildman–Crippen LogP) is -1.47. The standard InChI is InChI=1S/C11H16N2O7/c14-8(13-3-1-2-7(13)11(19)20)4-12(5-9(15)16)6-10(17)18/h7H,1-6H2,(H,15,16)(H,17,18)(H,19,20)/t7-/m0/s1. The van der Waals surface area contributed by atoms with Gasteiger partial charge in [0.1, 0.15) is 6.04 Å². The van der Waals surface area contributed by atoms with Crippen LogP contribution in [-0.4, -0.2) is 81.2 Å². The molecule has 3 N–H and O–H groups in total. The second-order valence-electron chi connectivity index (χ2n) is 4.52. The summed E-state index contributed by atoms with van der Waals surface area (Å²) in [5.41, 5.74) is 0. The fourth-order valence-corrected chi connectivity index (χ4v) is 2.15. The summed E-state index contributed by atoms with van der Waals surface area (Å²) >= 11 is 0. The molecular weight excluding hydrogens is 272 g/mol. The van der Waals surface area contributed by atoms with Gasteiger partial charge in [0, 0.05) is 6.54 Å². The maximum absolute atomic E-state index is 12.0. The molecule has 1 saturated heterocycles. The number of amides is 1. The van der Waals surface area contributed by atoms with Crippen LogP contribution >= 0.6 is 0 Å². The Morgan fingerprint density at radius 1 is 1.00 bits per heavy atom. The lowest BCUT2D eigenvalue weighted by atomic mass is 10.2. The Morgan fingerprint density at radius 2 is 1.55 bits per heavy atom. The number of nitrogens with zero attached hydrogens (tertiary/aromatic N) is 2. The number of carboxylic acid groups (broad SMARTS) is 3. The van der Waals surface area contributed by atoms with Gasteiger partial charge < -0.3 is 20.2 Å². The predicted molar refractivity (Wildman–Crippen MR) is 64.1 cm³/mol. The molecule has 0 aromatic heterocycles. The zero-order valence-electron chi connectivity index (χ0n) is 10.7. The topological polar surface area (TPSA) is 135 Å². The number of likely N-dealkylation sites (tertiary alicyclic amines) is 1. The first kappa shape index (κ1) is 15.9. The molecule has 1 atom stereocenters. The zero-order chi connectivity index (χ0) is 15.3. The summed E-state index contributed by atoms with van der Waals surface area (Å²) in [5, 5.41) is 26.3. The average Bonchev–Trinajstić information content (AvgIpc) is 2.75. The van der Waals surface area contributed by atoms with Crippen molar-refractivity contribution in [2.45, 2.75) is 18.9 Å². The van der Waals surface area contributed by atoms with Gasteiger partial charge in [0.25, 0.3) is 0 Å². The van der Waals surface area contributed by atoms with E-state index in [1.165, 1.54) is 0 Å². The van der Waals surface area contributed by atoms with E-state index in [9.17, 15) is 19.2 Å². The highest BCUT2D eigenvalue weighted by Crippen LogP contribution is 2.17. The highest BCUT2D eigenvalue weighted by Gasteiger charge is 2.34. The molecule has 1 rings (SSSR count). The van der Waals surface area contributed by atoms with E-state index in [0.717, 1.165) is 9.80 Å². The van der Waals surface area contributed by atoms with Gasteiger partial charge in [-0.1, -0.05) is 0 Å². The van der Waals surface area contributed by atoms with E-state index < -0.39 is 49.5 Å². The van der Waals surface area contributed by atoms with Gasteiger partial charge in [-0.25, -0.2) is 4.79 Å². The Labute approximate surface area is 114 Å². The van der Waals surface area contributed by atoms with E-state index in [1.807, 2.05) is 0 Å². The molecule has 1 aliphatic rings. The summed E-state index contributed by atoms with van der Waals surface area (Å²) in [6.07, 6.45) is 0.902. The van der Waals surface area contributed by atoms with Gasteiger partial charge in [-0.3, -0.25) is 19.3 Å². The molecule has 0 radical (unpaired) electrons. The lowest BCUT2D eigenvalue weighted by Crippen LogP contribution is -2.47. The summed E-state index contributed by atoms with van der Waals surface area (Å²) in [4.78, 5) is 46.3. The van der Waals surface area contributed by atoms with Crippen LogP contribution in [0.3, 0.4) is 0 Å². The van der Waals surface area contributed by atoms with Crippen molar-refractivity contribution in [3.05, 3.63) is 0 Å². The van der Waals surface area contributed by atoms with Crippen molar-refractivity contribution in [3.8, 4) is 0 Å². The van der Waals surface area contributed by atoms with E-state index in [-0.39, 0.29) is 6.54 Å². The third-order valence-corrected chi connectivity index (χ3v) is 2.93. The number of carboxylic acids is 3. The highest BCUT2D eigenvalue weighted by atomic mass is 16.4. The Balaban J connectivity index is 2.67. The number of carbonyl (C=O) groups is 4. The molecule has 0 aliphatic carbocycles.